The van der Waals surface area contributed by atoms with Gasteiger partial charge in [0.25, 0.3) is 0 Å². The van der Waals surface area contributed by atoms with Crippen LogP contribution < -0.4 is 0 Å². The highest BCUT2D eigenvalue weighted by Gasteiger charge is 2.20. The normalized spacial score (nSPS) is 15.2. The molecule has 0 aromatic heterocycles. The van der Waals surface area contributed by atoms with Gasteiger partial charge >= 0.3 is 0 Å². The Hall–Kier alpha value is -0.820. The number of aliphatic hydroxyl groups excluding tert-OH is 1. The van der Waals surface area contributed by atoms with Crippen LogP contribution in [-0.2, 0) is 6.42 Å². The van der Waals surface area contributed by atoms with E-state index in [0.29, 0.717) is 11.8 Å². The highest BCUT2D eigenvalue weighted by molar-refractivity contribution is 5.33. The van der Waals surface area contributed by atoms with Crippen LogP contribution >= 0.6 is 0 Å². The first-order chi connectivity index (χ1) is 7.43. The fourth-order valence-electron chi connectivity index (χ4n) is 2.37. The molecule has 0 aliphatic rings. The van der Waals surface area contributed by atoms with E-state index in [-0.39, 0.29) is 6.10 Å². The minimum atomic E-state index is -0.237. The second-order valence-electron chi connectivity index (χ2n) is 5.22. The summed E-state index contributed by atoms with van der Waals surface area (Å²) in [6.07, 6.45) is 0.743. The van der Waals surface area contributed by atoms with Crippen molar-refractivity contribution >= 4 is 0 Å². The second kappa shape index (κ2) is 5.49. The molecular weight excluding hydrogens is 196 g/mol. The zero-order valence-electron chi connectivity index (χ0n) is 11.1. The topological polar surface area (TPSA) is 20.2 Å². The van der Waals surface area contributed by atoms with Gasteiger partial charge in [-0.3, -0.25) is 0 Å². The summed E-state index contributed by atoms with van der Waals surface area (Å²) >= 11 is 0. The Bertz CT molecular complexity index is 311. The van der Waals surface area contributed by atoms with Crippen molar-refractivity contribution < 1.29 is 5.11 Å². The maximum atomic E-state index is 9.83. The summed E-state index contributed by atoms with van der Waals surface area (Å²) in [7, 11) is 0. The molecule has 0 radical (unpaired) electrons. The highest BCUT2D eigenvalue weighted by Crippen LogP contribution is 2.24. The molecule has 1 heteroatoms. The fraction of sp³-hybridized carbons (Fsp3) is 0.600. The number of aryl methyl sites for hydroxylation is 2. The molecule has 0 saturated heterocycles. The van der Waals surface area contributed by atoms with Gasteiger partial charge in [0, 0.05) is 0 Å². The molecule has 2 unspecified atom stereocenters. The summed E-state index contributed by atoms with van der Waals surface area (Å²) in [5.41, 5.74) is 4.08. The molecule has 0 fully saturated rings. The summed E-state index contributed by atoms with van der Waals surface area (Å²) < 4.78 is 0. The van der Waals surface area contributed by atoms with Crippen molar-refractivity contribution in [2.24, 2.45) is 11.8 Å². The molecular formula is C15H24O. The predicted molar refractivity (Wildman–Crippen MR) is 69.6 cm³/mol. The summed E-state index contributed by atoms with van der Waals surface area (Å²) in [6.45, 7) is 10.6. The van der Waals surface area contributed by atoms with Crippen LogP contribution in [0.25, 0.3) is 0 Å². The molecule has 1 N–H and O–H groups in total. The summed E-state index contributed by atoms with van der Waals surface area (Å²) in [6, 6.07) is 6.41. The zero-order valence-corrected chi connectivity index (χ0v) is 11.1. The first-order valence-electron chi connectivity index (χ1n) is 6.16. The van der Waals surface area contributed by atoms with Gasteiger partial charge in [-0.05, 0) is 55.7 Å². The Balaban J connectivity index is 2.94. The maximum Gasteiger partial charge on any atom is 0.0545 e. The van der Waals surface area contributed by atoms with Crippen molar-refractivity contribution in [2.45, 2.75) is 47.1 Å². The molecule has 1 aromatic carbocycles. The Morgan fingerprint density at radius 2 is 1.56 bits per heavy atom. The average Bonchev–Trinajstić information content (AvgIpc) is 2.15. The molecule has 0 amide bonds. The van der Waals surface area contributed by atoms with Crippen LogP contribution in [0.3, 0.4) is 0 Å². The lowest BCUT2D eigenvalue weighted by molar-refractivity contribution is 0.0975. The SMILES string of the molecule is Cc1cccc(C)c1CC(C(C)C)C(C)O. The summed E-state index contributed by atoms with van der Waals surface area (Å²) in [4.78, 5) is 0. The van der Waals surface area contributed by atoms with Gasteiger partial charge < -0.3 is 5.11 Å². The van der Waals surface area contributed by atoms with Crippen molar-refractivity contribution in [3.63, 3.8) is 0 Å². The van der Waals surface area contributed by atoms with Gasteiger partial charge in [-0.15, -0.1) is 0 Å². The number of aliphatic hydroxyl groups is 1. The molecule has 0 heterocycles. The third kappa shape index (κ3) is 3.08. The van der Waals surface area contributed by atoms with Crippen LogP contribution in [0, 0.1) is 25.7 Å². The van der Waals surface area contributed by atoms with Crippen LogP contribution in [-0.4, -0.2) is 11.2 Å². The molecule has 0 aliphatic carbocycles. The van der Waals surface area contributed by atoms with Gasteiger partial charge in [0.15, 0.2) is 0 Å². The van der Waals surface area contributed by atoms with E-state index in [0.717, 1.165) is 6.42 Å². The van der Waals surface area contributed by atoms with E-state index in [4.69, 9.17) is 0 Å². The van der Waals surface area contributed by atoms with Crippen LogP contribution in [0.4, 0.5) is 0 Å². The Kier molecular flexibility index (Phi) is 4.55. The third-order valence-electron chi connectivity index (χ3n) is 3.56. The standard InChI is InChI=1S/C15H24O/c1-10(2)14(13(5)16)9-15-11(3)7-6-8-12(15)4/h6-8,10,13-14,16H,9H2,1-5H3. The number of hydrogen-bond donors (Lipinski definition) is 1. The first-order valence-corrected chi connectivity index (χ1v) is 6.16. The third-order valence-corrected chi connectivity index (χ3v) is 3.56. The Morgan fingerprint density at radius 3 is 1.94 bits per heavy atom. The van der Waals surface area contributed by atoms with Gasteiger partial charge in [-0.1, -0.05) is 32.0 Å². The number of benzene rings is 1. The minimum Gasteiger partial charge on any atom is -0.393 e. The van der Waals surface area contributed by atoms with Gasteiger partial charge in [0.05, 0.1) is 6.10 Å². The summed E-state index contributed by atoms with van der Waals surface area (Å²) in [5, 5.41) is 9.83. The Morgan fingerprint density at radius 1 is 1.06 bits per heavy atom. The molecule has 0 bridgehead atoms. The maximum absolute atomic E-state index is 9.83. The zero-order chi connectivity index (χ0) is 12.3. The van der Waals surface area contributed by atoms with Gasteiger partial charge in [0.1, 0.15) is 0 Å². The van der Waals surface area contributed by atoms with Gasteiger partial charge in [0.2, 0.25) is 0 Å². The minimum absolute atomic E-state index is 0.237. The molecule has 1 rings (SSSR count). The molecule has 0 saturated carbocycles. The van der Waals surface area contributed by atoms with E-state index >= 15 is 0 Å². The number of hydrogen-bond acceptors (Lipinski definition) is 1. The van der Waals surface area contributed by atoms with E-state index in [2.05, 4.69) is 45.9 Å². The molecule has 0 spiro atoms. The predicted octanol–water partition coefficient (Wildman–Crippen LogP) is 3.50. The Labute approximate surface area is 99.5 Å². The quantitative estimate of drug-likeness (QED) is 0.823. The molecule has 90 valence electrons. The van der Waals surface area contributed by atoms with E-state index < -0.39 is 0 Å². The van der Waals surface area contributed by atoms with Crippen molar-refractivity contribution in [1.29, 1.82) is 0 Å². The van der Waals surface area contributed by atoms with Crippen molar-refractivity contribution in [3.8, 4) is 0 Å². The highest BCUT2D eigenvalue weighted by atomic mass is 16.3. The number of rotatable bonds is 4. The van der Waals surface area contributed by atoms with Crippen LogP contribution in [0.2, 0.25) is 0 Å². The molecule has 2 atom stereocenters. The second-order valence-corrected chi connectivity index (χ2v) is 5.22. The average molecular weight is 220 g/mol. The fourth-order valence-corrected chi connectivity index (χ4v) is 2.37. The monoisotopic (exact) mass is 220 g/mol. The molecule has 1 aromatic rings. The van der Waals surface area contributed by atoms with Crippen LogP contribution in [0.5, 0.6) is 0 Å². The van der Waals surface area contributed by atoms with Crippen LogP contribution in [0.15, 0.2) is 18.2 Å². The van der Waals surface area contributed by atoms with Gasteiger partial charge in [-0.2, -0.15) is 0 Å². The molecule has 0 aliphatic heterocycles. The van der Waals surface area contributed by atoms with Gasteiger partial charge in [-0.25, -0.2) is 0 Å². The summed E-state index contributed by atoms with van der Waals surface area (Å²) in [5.74, 6) is 0.860. The first kappa shape index (κ1) is 13.2. The van der Waals surface area contributed by atoms with E-state index in [1.54, 1.807) is 0 Å². The van der Waals surface area contributed by atoms with Crippen molar-refractivity contribution in [2.75, 3.05) is 0 Å². The van der Waals surface area contributed by atoms with E-state index in [1.807, 2.05) is 6.92 Å². The smallest absolute Gasteiger partial charge is 0.0545 e. The van der Waals surface area contributed by atoms with Crippen molar-refractivity contribution in [1.82, 2.24) is 0 Å². The molecule has 1 nitrogen and oxygen atoms in total. The van der Waals surface area contributed by atoms with Crippen molar-refractivity contribution in [3.05, 3.63) is 34.9 Å². The molecule has 16 heavy (non-hydrogen) atoms. The van der Waals surface area contributed by atoms with E-state index in [1.165, 1.54) is 16.7 Å². The lowest BCUT2D eigenvalue weighted by Crippen LogP contribution is -2.25. The lowest BCUT2D eigenvalue weighted by atomic mass is 9.83. The lowest BCUT2D eigenvalue weighted by Gasteiger charge is -2.25. The van der Waals surface area contributed by atoms with Crippen LogP contribution in [0.1, 0.15) is 37.5 Å². The largest absolute Gasteiger partial charge is 0.393 e. The van der Waals surface area contributed by atoms with E-state index in [9.17, 15) is 5.11 Å².